The molecule has 0 aliphatic rings. The second-order valence-corrected chi connectivity index (χ2v) is 7.30. The molecule has 0 saturated heterocycles. The number of fused-ring (bicyclic) bond motifs is 1. The summed E-state index contributed by atoms with van der Waals surface area (Å²) in [7, 11) is 4.64. The quantitative estimate of drug-likeness (QED) is 0.581. The third-order valence-corrected chi connectivity index (χ3v) is 5.17. The van der Waals surface area contributed by atoms with Crippen LogP contribution in [0.5, 0.6) is 17.2 Å². The molecule has 0 saturated carbocycles. The normalized spacial score (nSPS) is 10.4. The van der Waals surface area contributed by atoms with Crippen molar-refractivity contribution in [1.29, 1.82) is 0 Å². The van der Waals surface area contributed by atoms with E-state index in [0.717, 1.165) is 4.70 Å². The number of hydrogen-bond donors (Lipinski definition) is 2. The number of thiazole rings is 1. The summed E-state index contributed by atoms with van der Waals surface area (Å²) in [5.74, 6) is 1.33. The molecule has 1 heterocycles. The second-order valence-electron chi connectivity index (χ2n) is 5.45. The van der Waals surface area contributed by atoms with Crippen LogP contribution < -0.4 is 24.8 Å². The number of ether oxygens (including phenoxy) is 3. The lowest BCUT2D eigenvalue weighted by Crippen LogP contribution is -2.34. The zero-order chi connectivity index (χ0) is 20.3. The van der Waals surface area contributed by atoms with E-state index in [1.54, 1.807) is 32.4 Å². The van der Waals surface area contributed by atoms with Gasteiger partial charge in [-0.05, 0) is 36.5 Å². The van der Waals surface area contributed by atoms with Gasteiger partial charge in [-0.25, -0.2) is 4.98 Å². The monoisotopic (exact) mass is 437 g/mol. The van der Waals surface area contributed by atoms with E-state index in [4.69, 9.17) is 38.0 Å². The van der Waals surface area contributed by atoms with Crippen LogP contribution in [0.25, 0.3) is 10.2 Å². The topological polar surface area (TPSA) is 81.7 Å². The summed E-state index contributed by atoms with van der Waals surface area (Å²) >= 11 is 12.6. The summed E-state index contributed by atoms with van der Waals surface area (Å²) in [4.78, 5) is 16.8. The molecule has 28 heavy (non-hydrogen) atoms. The predicted molar refractivity (Wildman–Crippen MR) is 114 cm³/mol. The van der Waals surface area contributed by atoms with Crippen molar-refractivity contribution in [3.05, 3.63) is 40.9 Å². The fourth-order valence-corrected chi connectivity index (χ4v) is 3.84. The molecule has 3 rings (SSSR count). The van der Waals surface area contributed by atoms with E-state index >= 15 is 0 Å². The summed E-state index contributed by atoms with van der Waals surface area (Å²) in [6.45, 7) is 0. The van der Waals surface area contributed by atoms with Gasteiger partial charge in [0.1, 0.15) is 22.8 Å². The largest absolute Gasteiger partial charge is 0.497 e. The van der Waals surface area contributed by atoms with Crippen LogP contribution in [0.3, 0.4) is 0 Å². The van der Waals surface area contributed by atoms with E-state index < -0.39 is 5.91 Å². The zero-order valence-electron chi connectivity index (χ0n) is 15.2. The highest BCUT2D eigenvalue weighted by Crippen LogP contribution is 2.36. The highest BCUT2D eigenvalue weighted by molar-refractivity contribution is 7.80. The minimum absolute atomic E-state index is 0.113. The summed E-state index contributed by atoms with van der Waals surface area (Å²) < 4.78 is 16.5. The number of methoxy groups -OCH3 is 3. The molecule has 10 heteroatoms. The van der Waals surface area contributed by atoms with Gasteiger partial charge in [-0.3, -0.25) is 10.1 Å². The lowest BCUT2D eigenvalue weighted by molar-refractivity contribution is 0.0977. The van der Waals surface area contributed by atoms with Crippen molar-refractivity contribution in [2.45, 2.75) is 0 Å². The van der Waals surface area contributed by atoms with Crippen molar-refractivity contribution in [3.63, 3.8) is 0 Å². The highest BCUT2D eigenvalue weighted by Gasteiger charge is 2.14. The maximum absolute atomic E-state index is 12.4. The Morgan fingerprint density at radius 3 is 2.50 bits per heavy atom. The molecule has 0 bridgehead atoms. The molecule has 0 fully saturated rings. The summed E-state index contributed by atoms with van der Waals surface area (Å²) in [5, 5.41) is 6.47. The predicted octanol–water partition coefficient (Wildman–Crippen LogP) is 4.10. The molecule has 1 aromatic heterocycles. The first-order valence-electron chi connectivity index (χ1n) is 7.93. The van der Waals surface area contributed by atoms with Gasteiger partial charge >= 0.3 is 0 Å². The molecular weight excluding hydrogens is 422 g/mol. The summed E-state index contributed by atoms with van der Waals surface area (Å²) in [6.07, 6.45) is 0. The molecule has 0 atom stereocenters. The Balaban J connectivity index is 1.74. The average Bonchev–Trinajstić information content (AvgIpc) is 3.08. The summed E-state index contributed by atoms with van der Waals surface area (Å²) in [6, 6.07) is 8.31. The molecular formula is C18H16ClN3O4S2. The number of amides is 1. The standard InChI is InChI=1S/C18H16ClN3O4S2/c1-24-10-7-13(26-3)15-14(8-10)28-18(20-15)22-17(27)21-16(23)9-4-5-12(25-2)11(19)6-9/h4-8H,1-3H3,(H2,20,21,22,23,27). The van der Waals surface area contributed by atoms with Crippen LogP contribution >= 0.6 is 35.2 Å². The molecule has 0 aliphatic heterocycles. The Hall–Kier alpha value is -2.62. The number of aromatic nitrogens is 1. The number of rotatable bonds is 5. The molecule has 1 amide bonds. The second kappa shape index (κ2) is 8.59. The SMILES string of the molecule is COc1cc(OC)c2nc(NC(=S)NC(=O)c3ccc(OC)c(Cl)c3)sc2c1. The maximum Gasteiger partial charge on any atom is 0.257 e. The molecule has 0 spiro atoms. The minimum atomic E-state index is -0.401. The van der Waals surface area contributed by atoms with Gasteiger partial charge < -0.3 is 19.5 Å². The van der Waals surface area contributed by atoms with Gasteiger partial charge in [0.05, 0.1) is 31.1 Å². The van der Waals surface area contributed by atoms with Crippen molar-refractivity contribution in [1.82, 2.24) is 10.3 Å². The number of anilines is 1. The van der Waals surface area contributed by atoms with Crippen molar-refractivity contribution in [2.24, 2.45) is 0 Å². The fourth-order valence-electron chi connectivity index (χ4n) is 2.41. The van der Waals surface area contributed by atoms with Gasteiger partial charge in [0.25, 0.3) is 5.91 Å². The molecule has 2 N–H and O–H groups in total. The molecule has 0 aliphatic carbocycles. The number of nitrogens with zero attached hydrogens (tertiary/aromatic N) is 1. The minimum Gasteiger partial charge on any atom is -0.497 e. The summed E-state index contributed by atoms with van der Waals surface area (Å²) in [5.41, 5.74) is 1.03. The van der Waals surface area contributed by atoms with E-state index in [1.807, 2.05) is 6.07 Å². The number of benzene rings is 2. The van der Waals surface area contributed by atoms with Crippen molar-refractivity contribution >= 4 is 61.5 Å². The maximum atomic E-state index is 12.4. The first-order valence-corrected chi connectivity index (χ1v) is 9.54. The van der Waals surface area contributed by atoms with Crippen LogP contribution in [-0.4, -0.2) is 37.3 Å². The average molecular weight is 438 g/mol. The van der Waals surface area contributed by atoms with E-state index in [-0.39, 0.29) is 5.11 Å². The van der Waals surface area contributed by atoms with Crippen molar-refractivity contribution < 1.29 is 19.0 Å². The Bertz CT molecular complexity index is 1050. The number of hydrogen-bond acceptors (Lipinski definition) is 7. The lowest BCUT2D eigenvalue weighted by atomic mass is 10.2. The van der Waals surface area contributed by atoms with Crippen LogP contribution in [0, 0.1) is 0 Å². The van der Waals surface area contributed by atoms with E-state index in [2.05, 4.69) is 15.6 Å². The zero-order valence-corrected chi connectivity index (χ0v) is 17.6. The van der Waals surface area contributed by atoms with E-state index in [1.165, 1.54) is 24.5 Å². The van der Waals surface area contributed by atoms with Gasteiger partial charge in [-0.15, -0.1) is 0 Å². The Kier molecular flexibility index (Phi) is 6.18. The Morgan fingerprint density at radius 1 is 1.11 bits per heavy atom. The van der Waals surface area contributed by atoms with Crippen LogP contribution in [0.2, 0.25) is 5.02 Å². The van der Waals surface area contributed by atoms with Crippen LogP contribution in [0.1, 0.15) is 10.4 Å². The smallest absolute Gasteiger partial charge is 0.257 e. The Morgan fingerprint density at radius 2 is 1.86 bits per heavy atom. The number of nitrogens with one attached hydrogen (secondary N) is 2. The number of carbonyl (C=O) groups excluding carboxylic acids is 1. The molecule has 2 aromatic carbocycles. The number of carbonyl (C=O) groups is 1. The molecule has 3 aromatic rings. The number of halogens is 1. The molecule has 0 unspecified atom stereocenters. The fraction of sp³-hybridized carbons (Fsp3) is 0.167. The van der Waals surface area contributed by atoms with E-state index in [0.29, 0.717) is 38.5 Å². The van der Waals surface area contributed by atoms with Gasteiger partial charge in [0.2, 0.25) is 0 Å². The van der Waals surface area contributed by atoms with Gasteiger partial charge in [0, 0.05) is 11.6 Å². The van der Waals surface area contributed by atoms with Crippen LogP contribution in [0.15, 0.2) is 30.3 Å². The van der Waals surface area contributed by atoms with Crippen molar-refractivity contribution in [2.75, 3.05) is 26.6 Å². The van der Waals surface area contributed by atoms with Gasteiger partial charge in [-0.2, -0.15) is 0 Å². The first-order chi connectivity index (χ1) is 13.4. The van der Waals surface area contributed by atoms with Crippen molar-refractivity contribution in [3.8, 4) is 17.2 Å². The molecule has 0 radical (unpaired) electrons. The third-order valence-electron chi connectivity index (χ3n) is 3.75. The van der Waals surface area contributed by atoms with Crippen LogP contribution in [-0.2, 0) is 0 Å². The molecule has 7 nitrogen and oxygen atoms in total. The van der Waals surface area contributed by atoms with Crippen LogP contribution in [0.4, 0.5) is 5.13 Å². The highest BCUT2D eigenvalue weighted by atomic mass is 35.5. The third kappa shape index (κ3) is 4.27. The number of thiocarbonyl (C=S) groups is 1. The molecule has 146 valence electrons. The Labute approximate surface area is 175 Å². The van der Waals surface area contributed by atoms with Gasteiger partial charge in [-0.1, -0.05) is 22.9 Å². The van der Waals surface area contributed by atoms with E-state index in [9.17, 15) is 4.79 Å². The lowest BCUT2D eigenvalue weighted by Gasteiger charge is -2.08. The van der Waals surface area contributed by atoms with Gasteiger partial charge in [0.15, 0.2) is 10.2 Å². The first kappa shape index (κ1) is 20.1.